The lowest BCUT2D eigenvalue weighted by atomic mass is 10.2. The minimum absolute atomic E-state index is 0.143. The van der Waals surface area contributed by atoms with E-state index in [4.69, 9.17) is 0 Å². The maximum atomic E-state index is 10.6. The Bertz CT molecular complexity index is 515. The third-order valence-corrected chi connectivity index (χ3v) is 2.47. The van der Waals surface area contributed by atoms with Crippen LogP contribution in [-0.2, 0) is 0 Å². The summed E-state index contributed by atoms with van der Waals surface area (Å²) in [5.74, 6) is 0. The Labute approximate surface area is 101 Å². The smallest absolute Gasteiger partial charge is 0.270 e. The van der Waals surface area contributed by atoms with Gasteiger partial charge in [0.2, 0.25) is 0 Å². The van der Waals surface area contributed by atoms with Crippen LogP contribution in [0, 0.1) is 10.1 Å². The lowest BCUT2D eigenvalue weighted by molar-refractivity contribution is -0.384. The number of fused-ring (bicyclic) bond motifs is 1. The summed E-state index contributed by atoms with van der Waals surface area (Å²) >= 11 is 0. The van der Waals surface area contributed by atoms with Crippen molar-refractivity contribution in [2.45, 2.75) is 33.7 Å². The Balaban J connectivity index is 0.000000686. The first-order valence-corrected chi connectivity index (χ1v) is 5.84. The lowest BCUT2D eigenvalue weighted by Crippen LogP contribution is -1.97. The maximum absolute atomic E-state index is 10.6. The summed E-state index contributed by atoms with van der Waals surface area (Å²) in [6, 6.07) is 7.22. The Morgan fingerprint density at radius 2 is 1.88 bits per heavy atom. The molecule has 2 aromatic rings. The first-order valence-electron chi connectivity index (χ1n) is 5.84. The van der Waals surface area contributed by atoms with Gasteiger partial charge >= 0.3 is 0 Å². The standard InChI is InChI=1S/C11H12N2O2.C2H6/c1-8(2)12-6-5-9-7-10(13(14)15)3-4-11(9)12;1-2/h3-8H,1-2H3;1-2H3. The maximum Gasteiger partial charge on any atom is 0.270 e. The molecule has 0 aliphatic heterocycles. The summed E-state index contributed by atoms with van der Waals surface area (Å²) in [6.45, 7) is 8.17. The normalized spacial score (nSPS) is 10.2. The number of hydrogen-bond donors (Lipinski definition) is 0. The van der Waals surface area contributed by atoms with E-state index in [1.54, 1.807) is 18.2 Å². The molecule has 0 fully saturated rings. The summed E-state index contributed by atoms with van der Waals surface area (Å²) in [7, 11) is 0. The highest BCUT2D eigenvalue weighted by Crippen LogP contribution is 2.24. The molecule has 0 N–H and O–H groups in total. The predicted molar refractivity (Wildman–Crippen MR) is 70.3 cm³/mol. The highest BCUT2D eigenvalue weighted by atomic mass is 16.6. The van der Waals surface area contributed by atoms with E-state index in [-0.39, 0.29) is 10.6 Å². The number of nitro groups is 1. The quantitative estimate of drug-likeness (QED) is 0.578. The predicted octanol–water partition coefficient (Wildman–Crippen LogP) is 4.16. The van der Waals surface area contributed by atoms with Crippen LogP contribution in [0.4, 0.5) is 5.69 Å². The topological polar surface area (TPSA) is 48.1 Å². The van der Waals surface area contributed by atoms with Crippen molar-refractivity contribution < 1.29 is 4.92 Å². The molecule has 17 heavy (non-hydrogen) atoms. The van der Waals surface area contributed by atoms with E-state index in [1.165, 1.54) is 0 Å². The van der Waals surface area contributed by atoms with Crippen LogP contribution in [0.5, 0.6) is 0 Å². The molecule has 1 aromatic carbocycles. The van der Waals surface area contributed by atoms with Gasteiger partial charge in [-0.3, -0.25) is 10.1 Å². The van der Waals surface area contributed by atoms with Gasteiger partial charge in [0.25, 0.3) is 5.69 Å². The van der Waals surface area contributed by atoms with Crippen molar-refractivity contribution >= 4 is 16.6 Å². The molecule has 0 radical (unpaired) electrons. The Morgan fingerprint density at radius 3 is 2.41 bits per heavy atom. The zero-order chi connectivity index (χ0) is 13.0. The molecule has 1 aromatic heterocycles. The van der Waals surface area contributed by atoms with Crippen molar-refractivity contribution in [3.63, 3.8) is 0 Å². The molecular formula is C13H18N2O2. The van der Waals surface area contributed by atoms with Gasteiger partial charge < -0.3 is 4.57 Å². The molecule has 0 aliphatic rings. The van der Waals surface area contributed by atoms with E-state index in [0.717, 1.165) is 10.9 Å². The van der Waals surface area contributed by atoms with Crippen molar-refractivity contribution in [3.05, 3.63) is 40.6 Å². The fourth-order valence-corrected chi connectivity index (χ4v) is 1.72. The molecule has 0 unspecified atom stereocenters. The number of non-ortho nitro benzene ring substituents is 1. The van der Waals surface area contributed by atoms with Crippen molar-refractivity contribution in [1.29, 1.82) is 0 Å². The van der Waals surface area contributed by atoms with Crippen molar-refractivity contribution in [2.75, 3.05) is 0 Å². The average molecular weight is 234 g/mol. The van der Waals surface area contributed by atoms with Crippen LogP contribution in [0.1, 0.15) is 33.7 Å². The number of nitro benzene ring substituents is 1. The van der Waals surface area contributed by atoms with Crippen LogP contribution in [0.25, 0.3) is 10.9 Å². The molecule has 0 aliphatic carbocycles. The van der Waals surface area contributed by atoms with Crippen LogP contribution in [-0.4, -0.2) is 9.49 Å². The van der Waals surface area contributed by atoms with E-state index >= 15 is 0 Å². The average Bonchev–Trinajstić information content (AvgIpc) is 2.74. The molecule has 0 saturated heterocycles. The molecule has 4 heteroatoms. The van der Waals surface area contributed by atoms with E-state index in [0.29, 0.717) is 6.04 Å². The molecule has 92 valence electrons. The summed E-state index contributed by atoms with van der Waals surface area (Å²) in [5, 5.41) is 11.5. The molecule has 0 amide bonds. The van der Waals surface area contributed by atoms with Crippen LogP contribution in [0.2, 0.25) is 0 Å². The monoisotopic (exact) mass is 234 g/mol. The molecule has 0 spiro atoms. The third-order valence-electron chi connectivity index (χ3n) is 2.47. The second-order valence-corrected chi connectivity index (χ2v) is 3.82. The SMILES string of the molecule is CC.CC(C)n1ccc2cc([N+](=O)[O-])ccc21. The van der Waals surface area contributed by atoms with Crippen LogP contribution >= 0.6 is 0 Å². The van der Waals surface area contributed by atoms with Crippen molar-refractivity contribution in [2.24, 2.45) is 0 Å². The molecular weight excluding hydrogens is 216 g/mol. The van der Waals surface area contributed by atoms with E-state index in [9.17, 15) is 10.1 Å². The Kier molecular flexibility index (Phi) is 4.26. The van der Waals surface area contributed by atoms with E-state index in [1.807, 2.05) is 26.1 Å². The Morgan fingerprint density at radius 1 is 1.24 bits per heavy atom. The highest BCUT2D eigenvalue weighted by Gasteiger charge is 2.09. The zero-order valence-corrected chi connectivity index (χ0v) is 10.7. The fourth-order valence-electron chi connectivity index (χ4n) is 1.72. The first kappa shape index (κ1) is 13.2. The number of benzene rings is 1. The summed E-state index contributed by atoms with van der Waals surface area (Å²) < 4.78 is 2.10. The zero-order valence-electron chi connectivity index (χ0n) is 10.7. The number of nitrogens with zero attached hydrogens (tertiary/aromatic N) is 2. The molecule has 1 heterocycles. The van der Waals surface area contributed by atoms with Crippen LogP contribution in [0.3, 0.4) is 0 Å². The second-order valence-electron chi connectivity index (χ2n) is 3.82. The van der Waals surface area contributed by atoms with Gasteiger partial charge in [-0.05, 0) is 26.0 Å². The van der Waals surface area contributed by atoms with Crippen molar-refractivity contribution in [3.8, 4) is 0 Å². The molecule has 2 rings (SSSR count). The molecule has 0 atom stereocenters. The van der Waals surface area contributed by atoms with Gasteiger partial charge in [0, 0.05) is 35.3 Å². The largest absolute Gasteiger partial charge is 0.345 e. The summed E-state index contributed by atoms with van der Waals surface area (Å²) in [4.78, 5) is 10.2. The van der Waals surface area contributed by atoms with Gasteiger partial charge in [-0.1, -0.05) is 13.8 Å². The van der Waals surface area contributed by atoms with Gasteiger partial charge in [-0.15, -0.1) is 0 Å². The highest BCUT2D eigenvalue weighted by molar-refractivity contribution is 5.82. The van der Waals surface area contributed by atoms with Crippen LogP contribution < -0.4 is 0 Å². The molecule has 0 bridgehead atoms. The summed E-state index contributed by atoms with van der Waals surface area (Å²) in [5.41, 5.74) is 1.18. The third kappa shape index (κ3) is 2.64. The molecule has 4 nitrogen and oxygen atoms in total. The van der Waals surface area contributed by atoms with Gasteiger partial charge in [0.05, 0.1) is 4.92 Å². The van der Waals surface area contributed by atoms with Gasteiger partial charge in [0.1, 0.15) is 0 Å². The minimum atomic E-state index is -0.369. The number of aromatic nitrogens is 1. The van der Waals surface area contributed by atoms with Gasteiger partial charge in [-0.2, -0.15) is 0 Å². The lowest BCUT2D eigenvalue weighted by Gasteiger charge is -2.08. The fraction of sp³-hybridized carbons (Fsp3) is 0.385. The van der Waals surface area contributed by atoms with Crippen LogP contribution in [0.15, 0.2) is 30.5 Å². The summed E-state index contributed by atoms with van der Waals surface area (Å²) in [6.07, 6.45) is 1.96. The van der Waals surface area contributed by atoms with Crippen molar-refractivity contribution in [1.82, 2.24) is 4.57 Å². The number of hydrogen-bond acceptors (Lipinski definition) is 2. The number of rotatable bonds is 2. The van der Waals surface area contributed by atoms with E-state index < -0.39 is 0 Å². The van der Waals surface area contributed by atoms with Gasteiger partial charge in [-0.25, -0.2) is 0 Å². The second kappa shape index (κ2) is 5.48. The Hall–Kier alpha value is -1.84. The van der Waals surface area contributed by atoms with E-state index in [2.05, 4.69) is 18.4 Å². The first-order chi connectivity index (χ1) is 8.09. The molecule has 0 saturated carbocycles. The minimum Gasteiger partial charge on any atom is -0.345 e. The van der Waals surface area contributed by atoms with Gasteiger partial charge in [0.15, 0.2) is 0 Å².